The Hall–Kier alpha value is -2.88. The molecule has 0 heterocycles. The Morgan fingerprint density at radius 3 is 1.93 bits per heavy atom. The summed E-state index contributed by atoms with van der Waals surface area (Å²) in [4.78, 5) is 23.2. The Bertz CT molecular complexity index is 933. The summed E-state index contributed by atoms with van der Waals surface area (Å²) < 4.78 is 18.5. The lowest BCUT2D eigenvalue weighted by Crippen LogP contribution is -2.39. The third-order valence-corrected chi connectivity index (χ3v) is 6.51. The highest BCUT2D eigenvalue weighted by Gasteiger charge is 2.34. The molecule has 3 rings (SSSR count). The molecule has 1 unspecified atom stereocenters. The van der Waals surface area contributed by atoms with Gasteiger partial charge in [0.25, 0.3) is 7.37 Å². The van der Waals surface area contributed by atoms with Gasteiger partial charge in [0.1, 0.15) is 12.4 Å². The lowest BCUT2D eigenvalue weighted by atomic mass is 10.1. The van der Waals surface area contributed by atoms with Crippen molar-refractivity contribution in [2.75, 3.05) is 0 Å². The number of rotatable bonds is 7. The van der Waals surface area contributed by atoms with Crippen molar-refractivity contribution in [1.29, 1.82) is 0 Å². The van der Waals surface area contributed by atoms with Crippen LogP contribution in [0.1, 0.15) is 11.1 Å². The zero-order valence-corrected chi connectivity index (χ0v) is 16.2. The molecule has 5 nitrogen and oxygen atoms in total. The highest BCUT2D eigenvalue weighted by molar-refractivity contribution is 7.66. The zero-order valence-electron chi connectivity index (χ0n) is 15.3. The van der Waals surface area contributed by atoms with Crippen molar-refractivity contribution in [3.63, 3.8) is 0 Å². The van der Waals surface area contributed by atoms with Gasteiger partial charge in [-0.3, -0.25) is 4.57 Å². The number of hydrogen-bond acceptors (Lipinski definition) is 3. The minimum absolute atomic E-state index is 0.0891. The topological polar surface area (TPSA) is 75.6 Å². The minimum atomic E-state index is -3.88. The molecule has 0 radical (unpaired) electrons. The molecule has 0 aliphatic heterocycles. The fourth-order valence-electron chi connectivity index (χ4n) is 2.82. The molecule has 6 heteroatoms. The third-order valence-electron chi connectivity index (χ3n) is 4.32. The van der Waals surface area contributed by atoms with Crippen molar-refractivity contribution in [1.82, 2.24) is 5.32 Å². The summed E-state index contributed by atoms with van der Waals surface area (Å²) in [7, 11) is -3.88. The summed E-state index contributed by atoms with van der Waals surface area (Å²) in [6.45, 7) is 0.0891. The standard InChI is InChI=1S/C22H22NO4P/c24-22(27-17-19-12-6-2-7-13-19)23-21(16-18-10-4-1-5-11-18)28(25,26)20-14-8-3-9-15-20/h1-15,21H,16-17H2,(H,23,24)(H,25,26)/t21-/m0/s1. The maximum absolute atomic E-state index is 13.2. The number of hydrogen-bond donors (Lipinski definition) is 2. The molecule has 0 saturated carbocycles. The quantitative estimate of drug-likeness (QED) is 0.591. The second-order valence-electron chi connectivity index (χ2n) is 6.37. The van der Waals surface area contributed by atoms with Gasteiger partial charge >= 0.3 is 6.09 Å². The van der Waals surface area contributed by atoms with Crippen molar-refractivity contribution in [2.45, 2.75) is 18.8 Å². The van der Waals surface area contributed by atoms with Crippen LogP contribution in [0.15, 0.2) is 91.0 Å². The SMILES string of the molecule is O=C(N[C@H](Cc1ccccc1)P(=O)(O)c1ccccc1)OCc1ccccc1. The zero-order chi connectivity index (χ0) is 19.8. The summed E-state index contributed by atoms with van der Waals surface area (Å²) in [5.41, 5.74) is 1.69. The van der Waals surface area contributed by atoms with Crippen LogP contribution in [0.2, 0.25) is 0 Å². The van der Waals surface area contributed by atoms with Gasteiger partial charge in [-0.1, -0.05) is 78.9 Å². The predicted octanol–water partition coefficient (Wildman–Crippen LogP) is 4.08. The molecule has 0 fully saturated rings. The van der Waals surface area contributed by atoms with E-state index in [2.05, 4.69) is 5.32 Å². The van der Waals surface area contributed by atoms with Crippen LogP contribution in [0.25, 0.3) is 0 Å². The number of benzene rings is 3. The van der Waals surface area contributed by atoms with Crippen LogP contribution in [-0.2, 0) is 22.3 Å². The van der Waals surface area contributed by atoms with Crippen LogP contribution in [-0.4, -0.2) is 16.8 Å². The second kappa shape index (κ2) is 9.36. The van der Waals surface area contributed by atoms with E-state index >= 15 is 0 Å². The number of alkyl carbamates (subject to hydrolysis) is 1. The van der Waals surface area contributed by atoms with Gasteiger partial charge in [0, 0.05) is 11.7 Å². The largest absolute Gasteiger partial charge is 0.445 e. The van der Waals surface area contributed by atoms with E-state index in [-0.39, 0.29) is 13.0 Å². The van der Waals surface area contributed by atoms with Crippen LogP contribution in [0.5, 0.6) is 0 Å². The van der Waals surface area contributed by atoms with Crippen molar-refractivity contribution < 1.29 is 19.0 Å². The maximum Gasteiger partial charge on any atom is 0.408 e. The molecule has 0 saturated heterocycles. The highest BCUT2D eigenvalue weighted by atomic mass is 31.2. The van der Waals surface area contributed by atoms with E-state index in [1.807, 2.05) is 60.7 Å². The van der Waals surface area contributed by atoms with Crippen molar-refractivity contribution in [3.05, 3.63) is 102 Å². The summed E-state index contributed by atoms with van der Waals surface area (Å²) >= 11 is 0. The number of amides is 1. The number of nitrogens with one attached hydrogen (secondary N) is 1. The molecule has 2 atom stereocenters. The normalized spacial score (nSPS) is 13.9. The van der Waals surface area contributed by atoms with E-state index in [1.165, 1.54) is 0 Å². The Balaban J connectivity index is 1.76. The Kier molecular flexibility index (Phi) is 6.64. The molecule has 0 spiro atoms. The molecule has 1 amide bonds. The van der Waals surface area contributed by atoms with Crippen LogP contribution in [0, 0.1) is 0 Å². The van der Waals surface area contributed by atoms with E-state index in [0.717, 1.165) is 11.1 Å². The van der Waals surface area contributed by atoms with Crippen molar-refractivity contribution in [2.24, 2.45) is 0 Å². The monoisotopic (exact) mass is 395 g/mol. The minimum Gasteiger partial charge on any atom is -0.445 e. The van der Waals surface area contributed by atoms with Gasteiger partial charge in [-0.05, 0) is 23.3 Å². The van der Waals surface area contributed by atoms with Crippen molar-refractivity contribution in [3.8, 4) is 0 Å². The molecule has 3 aromatic carbocycles. The fraction of sp³-hybridized carbons (Fsp3) is 0.136. The van der Waals surface area contributed by atoms with Gasteiger partial charge in [-0.25, -0.2) is 4.79 Å². The molecular weight excluding hydrogens is 373 g/mol. The molecular formula is C22H22NO4P. The number of carbonyl (C=O) groups is 1. The molecule has 0 aliphatic rings. The first-order chi connectivity index (χ1) is 13.6. The van der Waals surface area contributed by atoms with Crippen LogP contribution in [0.3, 0.4) is 0 Å². The first kappa shape index (κ1) is 19.9. The molecule has 2 N–H and O–H groups in total. The Labute approximate surface area is 164 Å². The predicted molar refractivity (Wildman–Crippen MR) is 110 cm³/mol. The molecule has 28 heavy (non-hydrogen) atoms. The van der Waals surface area contributed by atoms with Gasteiger partial charge < -0.3 is 14.9 Å². The summed E-state index contributed by atoms with van der Waals surface area (Å²) in [5.74, 6) is -0.999. The second-order valence-corrected chi connectivity index (χ2v) is 8.76. The van der Waals surface area contributed by atoms with Crippen molar-refractivity contribution >= 4 is 18.8 Å². The molecule has 144 valence electrons. The van der Waals surface area contributed by atoms with E-state index in [9.17, 15) is 14.3 Å². The number of ether oxygens (including phenoxy) is 1. The Morgan fingerprint density at radius 2 is 1.36 bits per heavy atom. The van der Waals surface area contributed by atoms with E-state index in [4.69, 9.17) is 4.74 Å². The third kappa shape index (κ3) is 5.32. The van der Waals surface area contributed by atoms with Gasteiger partial charge in [0.05, 0.1) is 0 Å². The summed E-state index contributed by atoms with van der Waals surface area (Å²) in [5, 5.41) is 2.89. The first-order valence-electron chi connectivity index (χ1n) is 8.95. The van der Waals surface area contributed by atoms with Gasteiger partial charge in [-0.15, -0.1) is 0 Å². The smallest absolute Gasteiger partial charge is 0.408 e. The highest BCUT2D eigenvalue weighted by Crippen LogP contribution is 2.45. The van der Waals surface area contributed by atoms with E-state index in [0.29, 0.717) is 5.30 Å². The Morgan fingerprint density at radius 1 is 0.857 bits per heavy atom. The first-order valence-corrected chi connectivity index (χ1v) is 10.7. The lowest BCUT2D eigenvalue weighted by molar-refractivity contribution is 0.138. The lowest BCUT2D eigenvalue weighted by Gasteiger charge is -2.24. The molecule has 0 aliphatic carbocycles. The van der Waals surface area contributed by atoms with E-state index < -0.39 is 19.2 Å². The molecule has 3 aromatic rings. The average Bonchev–Trinajstić information content (AvgIpc) is 2.74. The van der Waals surface area contributed by atoms with Crippen LogP contribution in [0.4, 0.5) is 4.79 Å². The molecule has 0 aromatic heterocycles. The van der Waals surface area contributed by atoms with Crippen LogP contribution < -0.4 is 10.6 Å². The molecule has 0 bridgehead atoms. The van der Waals surface area contributed by atoms with Gasteiger partial charge in [0.2, 0.25) is 0 Å². The number of carbonyl (C=O) groups excluding carboxylic acids is 1. The average molecular weight is 395 g/mol. The van der Waals surface area contributed by atoms with Gasteiger partial charge in [-0.2, -0.15) is 0 Å². The van der Waals surface area contributed by atoms with Gasteiger partial charge in [0.15, 0.2) is 0 Å². The fourth-order valence-corrected chi connectivity index (χ4v) is 4.52. The van der Waals surface area contributed by atoms with Crippen LogP contribution >= 0.6 is 7.37 Å². The summed E-state index contributed by atoms with van der Waals surface area (Å²) in [6.07, 6.45) is -0.515. The maximum atomic E-state index is 13.2. The summed E-state index contributed by atoms with van der Waals surface area (Å²) in [6, 6.07) is 26.9. The van der Waals surface area contributed by atoms with E-state index in [1.54, 1.807) is 30.3 Å².